The standard InChI is InChI=1S/C13H18N2O3/c1-8-4-5-11(13(16)17)12(14-8)15-6-9(2)18-10(3)7-15/h4-5,9-10H,6-7H2,1-3H3,(H,16,17). The summed E-state index contributed by atoms with van der Waals surface area (Å²) in [5.74, 6) is -0.395. The minimum absolute atomic E-state index is 0.0812. The lowest BCUT2D eigenvalue weighted by Crippen LogP contribution is -2.46. The molecule has 98 valence electrons. The summed E-state index contributed by atoms with van der Waals surface area (Å²) in [6.07, 6.45) is 0.162. The molecular weight excluding hydrogens is 232 g/mol. The van der Waals surface area contributed by atoms with Gasteiger partial charge in [0.05, 0.1) is 12.2 Å². The molecule has 0 saturated carbocycles. The molecule has 0 aliphatic carbocycles. The van der Waals surface area contributed by atoms with E-state index in [9.17, 15) is 9.90 Å². The van der Waals surface area contributed by atoms with Gasteiger partial charge in [-0.15, -0.1) is 0 Å². The zero-order chi connectivity index (χ0) is 13.3. The molecule has 0 radical (unpaired) electrons. The molecule has 0 amide bonds. The second kappa shape index (κ2) is 4.94. The van der Waals surface area contributed by atoms with Crippen LogP contribution in [0.25, 0.3) is 0 Å². The van der Waals surface area contributed by atoms with Gasteiger partial charge in [0.2, 0.25) is 0 Å². The maximum Gasteiger partial charge on any atom is 0.339 e. The minimum Gasteiger partial charge on any atom is -0.478 e. The number of rotatable bonds is 2. The molecule has 0 aromatic carbocycles. The van der Waals surface area contributed by atoms with E-state index in [0.717, 1.165) is 5.69 Å². The van der Waals surface area contributed by atoms with Crippen LogP contribution in [0.5, 0.6) is 0 Å². The Bertz CT molecular complexity index is 452. The molecule has 18 heavy (non-hydrogen) atoms. The molecule has 1 fully saturated rings. The van der Waals surface area contributed by atoms with Crippen molar-refractivity contribution in [3.63, 3.8) is 0 Å². The zero-order valence-corrected chi connectivity index (χ0v) is 10.9. The number of morpholine rings is 1. The molecule has 2 atom stereocenters. The van der Waals surface area contributed by atoms with Gasteiger partial charge in [0, 0.05) is 18.8 Å². The first kappa shape index (κ1) is 12.8. The molecule has 1 saturated heterocycles. The number of pyridine rings is 1. The predicted molar refractivity (Wildman–Crippen MR) is 68.2 cm³/mol. The van der Waals surface area contributed by atoms with E-state index in [0.29, 0.717) is 18.9 Å². The number of anilines is 1. The average Bonchev–Trinajstić information content (AvgIpc) is 2.27. The van der Waals surface area contributed by atoms with E-state index in [-0.39, 0.29) is 17.8 Å². The van der Waals surface area contributed by atoms with E-state index in [4.69, 9.17) is 4.74 Å². The fourth-order valence-corrected chi connectivity index (χ4v) is 2.30. The van der Waals surface area contributed by atoms with Gasteiger partial charge in [-0.3, -0.25) is 0 Å². The van der Waals surface area contributed by atoms with Gasteiger partial charge in [-0.2, -0.15) is 0 Å². The summed E-state index contributed by atoms with van der Waals surface area (Å²) in [4.78, 5) is 17.6. The number of carboxylic acids is 1. The highest BCUT2D eigenvalue weighted by molar-refractivity contribution is 5.93. The van der Waals surface area contributed by atoms with Gasteiger partial charge >= 0.3 is 5.97 Å². The number of ether oxygens (including phenoxy) is 1. The van der Waals surface area contributed by atoms with Gasteiger partial charge in [0.15, 0.2) is 0 Å². The zero-order valence-electron chi connectivity index (χ0n) is 10.9. The highest BCUT2D eigenvalue weighted by Crippen LogP contribution is 2.23. The number of hydrogen-bond donors (Lipinski definition) is 1. The van der Waals surface area contributed by atoms with E-state index in [1.165, 1.54) is 0 Å². The van der Waals surface area contributed by atoms with Crippen LogP contribution in [-0.2, 0) is 4.74 Å². The van der Waals surface area contributed by atoms with Crippen LogP contribution < -0.4 is 4.90 Å². The van der Waals surface area contributed by atoms with Crippen LogP contribution in [0.2, 0.25) is 0 Å². The Balaban J connectivity index is 2.36. The van der Waals surface area contributed by atoms with Gasteiger partial charge in [-0.05, 0) is 32.9 Å². The topological polar surface area (TPSA) is 62.7 Å². The summed E-state index contributed by atoms with van der Waals surface area (Å²) in [5.41, 5.74) is 1.07. The molecule has 1 aromatic heterocycles. The Kier molecular flexibility index (Phi) is 3.52. The van der Waals surface area contributed by atoms with Gasteiger partial charge in [-0.25, -0.2) is 9.78 Å². The molecule has 0 spiro atoms. The van der Waals surface area contributed by atoms with Crippen molar-refractivity contribution < 1.29 is 14.6 Å². The Labute approximate surface area is 106 Å². The number of nitrogens with zero attached hydrogens (tertiary/aromatic N) is 2. The Hall–Kier alpha value is -1.62. The molecule has 2 unspecified atom stereocenters. The Morgan fingerprint density at radius 2 is 2.00 bits per heavy atom. The maximum absolute atomic E-state index is 11.2. The SMILES string of the molecule is Cc1ccc(C(=O)O)c(N2CC(C)OC(C)C2)n1. The van der Waals surface area contributed by atoms with Crippen LogP contribution in [0.15, 0.2) is 12.1 Å². The molecular formula is C13H18N2O3. The number of carbonyl (C=O) groups is 1. The molecule has 1 N–H and O–H groups in total. The molecule has 2 heterocycles. The molecule has 1 aliphatic heterocycles. The van der Waals surface area contributed by atoms with Crippen molar-refractivity contribution >= 4 is 11.8 Å². The highest BCUT2D eigenvalue weighted by atomic mass is 16.5. The third-order valence-electron chi connectivity index (χ3n) is 2.96. The van der Waals surface area contributed by atoms with Gasteiger partial charge in [0.1, 0.15) is 11.4 Å². The van der Waals surface area contributed by atoms with Crippen molar-refractivity contribution in [3.8, 4) is 0 Å². The molecule has 1 aliphatic rings. The second-order valence-electron chi connectivity index (χ2n) is 4.79. The summed E-state index contributed by atoms with van der Waals surface area (Å²) in [6.45, 7) is 7.17. The Morgan fingerprint density at radius 3 is 2.56 bits per heavy atom. The lowest BCUT2D eigenvalue weighted by atomic mass is 10.1. The number of aryl methyl sites for hydroxylation is 1. The summed E-state index contributed by atoms with van der Waals surface area (Å²) >= 11 is 0. The molecule has 5 heteroatoms. The fourth-order valence-electron chi connectivity index (χ4n) is 2.30. The first-order chi connectivity index (χ1) is 8.47. The molecule has 1 aromatic rings. The Morgan fingerprint density at radius 1 is 1.39 bits per heavy atom. The van der Waals surface area contributed by atoms with Crippen LogP contribution in [-0.4, -0.2) is 41.4 Å². The van der Waals surface area contributed by atoms with Crippen LogP contribution >= 0.6 is 0 Å². The van der Waals surface area contributed by atoms with Crippen molar-refractivity contribution in [3.05, 3.63) is 23.4 Å². The minimum atomic E-state index is -0.940. The fraction of sp³-hybridized carbons (Fsp3) is 0.538. The number of aromatic carboxylic acids is 1. The van der Waals surface area contributed by atoms with E-state index in [1.54, 1.807) is 12.1 Å². The van der Waals surface area contributed by atoms with E-state index in [1.807, 2.05) is 25.7 Å². The molecule has 5 nitrogen and oxygen atoms in total. The van der Waals surface area contributed by atoms with Crippen LogP contribution in [0, 0.1) is 6.92 Å². The average molecular weight is 250 g/mol. The summed E-state index contributed by atoms with van der Waals surface area (Å²) in [5, 5.41) is 9.22. The highest BCUT2D eigenvalue weighted by Gasteiger charge is 2.26. The maximum atomic E-state index is 11.2. The van der Waals surface area contributed by atoms with Crippen molar-refractivity contribution in [2.24, 2.45) is 0 Å². The van der Waals surface area contributed by atoms with Gasteiger partial charge in [0.25, 0.3) is 0 Å². The third-order valence-corrected chi connectivity index (χ3v) is 2.96. The van der Waals surface area contributed by atoms with E-state index in [2.05, 4.69) is 4.98 Å². The number of aromatic nitrogens is 1. The van der Waals surface area contributed by atoms with E-state index < -0.39 is 5.97 Å². The smallest absolute Gasteiger partial charge is 0.339 e. The predicted octanol–water partition coefficient (Wildman–Crippen LogP) is 1.70. The van der Waals surface area contributed by atoms with Crippen LogP contribution in [0.3, 0.4) is 0 Å². The molecule has 0 bridgehead atoms. The largest absolute Gasteiger partial charge is 0.478 e. The van der Waals surface area contributed by atoms with Crippen LogP contribution in [0.4, 0.5) is 5.82 Å². The molecule has 2 rings (SSSR count). The van der Waals surface area contributed by atoms with E-state index >= 15 is 0 Å². The number of hydrogen-bond acceptors (Lipinski definition) is 4. The van der Waals surface area contributed by atoms with Gasteiger partial charge < -0.3 is 14.7 Å². The summed E-state index contributed by atoms with van der Waals surface area (Å²) in [7, 11) is 0. The van der Waals surface area contributed by atoms with Crippen molar-refractivity contribution in [2.45, 2.75) is 33.0 Å². The lowest BCUT2D eigenvalue weighted by Gasteiger charge is -2.36. The van der Waals surface area contributed by atoms with Crippen LogP contribution in [0.1, 0.15) is 29.9 Å². The normalized spacial score (nSPS) is 24.1. The first-order valence-corrected chi connectivity index (χ1v) is 6.08. The number of carboxylic acid groups (broad SMARTS) is 1. The van der Waals surface area contributed by atoms with Gasteiger partial charge in [-0.1, -0.05) is 0 Å². The van der Waals surface area contributed by atoms with Crippen molar-refractivity contribution in [1.29, 1.82) is 0 Å². The quantitative estimate of drug-likeness (QED) is 0.865. The monoisotopic (exact) mass is 250 g/mol. The second-order valence-corrected chi connectivity index (χ2v) is 4.79. The van der Waals surface area contributed by atoms with Crippen molar-refractivity contribution in [1.82, 2.24) is 4.98 Å². The summed E-state index contributed by atoms with van der Waals surface area (Å²) < 4.78 is 5.65. The first-order valence-electron chi connectivity index (χ1n) is 6.08. The summed E-state index contributed by atoms with van der Waals surface area (Å²) in [6, 6.07) is 3.34. The third kappa shape index (κ3) is 2.61. The van der Waals surface area contributed by atoms with Crippen molar-refractivity contribution in [2.75, 3.05) is 18.0 Å². The lowest BCUT2D eigenvalue weighted by molar-refractivity contribution is -0.00557.